The number of hydrogen-bond acceptors (Lipinski definition) is 6. The van der Waals surface area contributed by atoms with Crippen molar-refractivity contribution < 1.29 is 24.5 Å². The predicted molar refractivity (Wildman–Crippen MR) is 145 cm³/mol. The van der Waals surface area contributed by atoms with Gasteiger partial charge in [-0.3, -0.25) is 14.6 Å². The van der Waals surface area contributed by atoms with Crippen LogP contribution >= 0.6 is 11.6 Å². The fourth-order valence-electron chi connectivity index (χ4n) is 4.72. The van der Waals surface area contributed by atoms with Gasteiger partial charge in [0.15, 0.2) is 12.2 Å². The molecule has 0 bridgehead atoms. The van der Waals surface area contributed by atoms with Crippen molar-refractivity contribution in [1.82, 2.24) is 15.2 Å². The number of nitrogens with one attached hydrogen (secondary N) is 1. The Morgan fingerprint density at radius 3 is 2.63 bits per heavy atom. The lowest BCUT2D eigenvalue weighted by Crippen LogP contribution is -2.51. The van der Waals surface area contributed by atoms with Crippen molar-refractivity contribution in [3.63, 3.8) is 0 Å². The van der Waals surface area contributed by atoms with Crippen molar-refractivity contribution in [2.24, 2.45) is 0 Å². The van der Waals surface area contributed by atoms with Gasteiger partial charge in [-0.05, 0) is 56.5 Å². The first-order chi connectivity index (χ1) is 18.3. The molecule has 1 unspecified atom stereocenters. The highest BCUT2D eigenvalue weighted by atomic mass is 35.5. The van der Waals surface area contributed by atoms with Crippen LogP contribution in [0.15, 0.2) is 66.9 Å². The number of nitrogens with zero attached hydrogens (tertiary/aromatic N) is 2. The minimum Gasteiger partial charge on any atom is -0.493 e. The second kappa shape index (κ2) is 12.4. The highest BCUT2D eigenvalue weighted by Gasteiger charge is 2.38. The van der Waals surface area contributed by atoms with Gasteiger partial charge >= 0.3 is 0 Å². The fraction of sp³-hybridized carbons (Fsp3) is 0.345. The summed E-state index contributed by atoms with van der Waals surface area (Å²) in [5.74, 6) is -0.800. The van der Waals surface area contributed by atoms with Gasteiger partial charge in [0.25, 0.3) is 11.8 Å². The Labute approximate surface area is 227 Å². The minimum atomic E-state index is -1.93. The Kier molecular flexibility index (Phi) is 8.99. The molecule has 0 radical (unpaired) electrons. The lowest BCUT2D eigenvalue weighted by atomic mass is 10.0. The molecule has 3 aromatic rings. The standard InChI is InChI=1S/C29H32ClN3O5/c1-3-38-25-12-5-4-10-22(25)20-13-14-23(31-17-20)18(2)32-28(36)26(34)27(35)29(37)33-15-7-11-24(33)19-8-6-9-21(30)16-19/h4-6,8-10,12-14,16-18,24,26-27,34-35H,3,7,11,15H2,1-2H3,(H,32,36)/t18?,24-,26-,27-/m1/s1. The van der Waals surface area contributed by atoms with Crippen LogP contribution in [-0.4, -0.2) is 57.3 Å². The van der Waals surface area contributed by atoms with Crippen LogP contribution in [0.1, 0.15) is 50.0 Å². The summed E-state index contributed by atoms with van der Waals surface area (Å²) < 4.78 is 5.69. The average molecular weight is 538 g/mol. The zero-order chi connectivity index (χ0) is 27.2. The molecule has 9 heteroatoms. The number of rotatable bonds is 9. The van der Waals surface area contributed by atoms with E-state index in [1.807, 2.05) is 43.3 Å². The summed E-state index contributed by atoms with van der Waals surface area (Å²) in [5, 5.41) is 24.3. The number of hydrogen-bond donors (Lipinski definition) is 3. The Hall–Kier alpha value is -3.46. The van der Waals surface area contributed by atoms with E-state index in [0.717, 1.165) is 28.9 Å². The van der Waals surface area contributed by atoms with Gasteiger partial charge in [0.2, 0.25) is 0 Å². The number of aromatic nitrogens is 1. The smallest absolute Gasteiger partial charge is 0.255 e. The van der Waals surface area contributed by atoms with Crippen LogP contribution < -0.4 is 10.1 Å². The number of likely N-dealkylation sites (tertiary alicyclic amines) is 1. The van der Waals surface area contributed by atoms with Gasteiger partial charge in [-0.2, -0.15) is 0 Å². The molecule has 2 aromatic carbocycles. The molecule has 1 aliphatic heterocycles. The van der Waals surface area contributed by atoms with Gasteiger partial charge < -0.3 is 25.2 Å². The van der Waals surface area contributed by atoms with E-state index in [1.54, 1.807) is 37.4 Å². The first-order valence-corrected chi connectivity index (χ1v) is 13.1. The zero-order valence-electron chi connectivity index (χ0n) is 21.4. The molecule has 0 spiro atoms. The lowest BCUT2D eigenvalue weighted by Gasteiger charge is -2.29. The van der Waals surface area contributed by atoms with Gasteiger partial charge in [-0.1, -0.05) is 48.0 Å². The molecule has 200 valence electrons. The summed E-state index contributed by atoms with van der Waals surface area (Å²) in [6.45, 7) is 4.59. The largest absolute Gasteiger partial charge is 0.493 e. The molecule has 1 saturated heterocycles. The molecule has 2 heterocycles. The van der Waals surface area contributed by atoms with Crippen LogP contribution in [0.5, 0.6) is 5.75 Å². The van der Waals surface area contributed by atoms with E-state index < -0.39 is 30.1 Å². The molecule has 1 aliphatic rings. The molecule has 1 fully saturated rings. The Morgan fingerprint density at radius 1 is 1.13 bits per heavy atom. The Bertz CT molecular complexity index is 1270. The second-order valence-corrected chi connectivity index (χ2v) is 9.70. The van der Waals surface area contributed by atoms with Gasteiger partial charge in [0, 0.05) is 28.9 Å². The maximum Gasteiger partial charge on any atom is 0.255 e. The number of aliphatic hydroxyl groups is 2. The summed E-state index contributed by atoms with van der Waals surface area (Å²) in [5.41, 5.74) is 3.17. The SMILES string of the molecule is CCOc1ccccc1-c1ccc(C(C)NC(=O)[C@H](O)[C@@H](O)C(=O)N2CCC[C@@H]2c2cccc(Cl)c2)nc1. The van der Waals surface area contributed by atoms with E-state index in [2.05, 4.69) is 10.3 Å². The van der Waals surface area contributed by atoms with Gasteiger partial charge in [0.1, 0.15) is 5.75 Å². The predicted octanol–water partition coefficient (Wildman–Crippen LogP) is 4.06. The summed E-state index contributed by atoms with van der Waals surface area (Å²) >= 11 is 6.11. The number of pyridine rings is 1. The number of amides is 2. The zero-order valence-corrected chi connectivity index (χ0v) is 22.1. The molecular weight excluding hydrogens is 506 g/mol. The third-order valence-electron chi connectivity index (χ3n) is 6.68. The molecule has 8 nitrogen and oxygen atoms in total. The third kappa shape index (κ3) is 6.15. The van der Waals surface area contributed by atoms with E-state index in [4.69, 9.17) is 16.3 Å². The maximum atomic E-state index is 13.0. The van der Waals surface area contributed by atoms with Crippen molar-refractivity contribution in [1.29, 1.82) is 0 Å². The van der Waals surface area contributed by atoms with Crippen LogP contribution in [0.3, 0.4) is 0 Å². The number of ether oxygens (including phenoxy) is 1. The Balaban J connectivity index is 1.39. The van der Waals surface area contributed by atoms with Crippen LogP contribution in [-0.2, 0) is 9.59 Å². The highest BCUT2D eigenvalue weighted by Crippen LogP contribution is 2.34. The van der Waals surface area contributed by atoms with Crippen molar-refractivity contribution in [3.05, 3.63) is 83.1 Å². The van der Waals surface area contributed by atoms with E-state index in [-0.39, 0.29) is 6.04 Å². The quantitative estimate of drug-likeness (QED) is 0.379. The lowest BCUT2D eigenvalue weighted by molar-refractivity contribution is -0.154. The van der Waals surface area contributed by atoms with Crippen molar-refractivity contribution in [2.75, 3.05) is 13.2 Å². The molecule has 0 saturated carbocycles. The van der Waals surface area contributed by atoms with Crippen molar-refractivity contribution in [3.8, 4) is 16.9 Å². The van der Waals surface area contributed by atoms with Crippen molar-refractivity contribution in [2.45, 2.75) is 51.0 Å². The summed E-state index contributed by atoms with van der Waals surface area (Å²) in [6.07, 6.45) is -0.690. The van der Waals surface area contributed by atoms with Crippen molar-refractivity contribution >= 4 is 23.4 Å². The number of carbonyl (C=O) groups is 2. The average Bonchev–Trinajstić information content (AvgIpc) is 3.42. The van der Waals surface area contributed by atoms with E-state index in [9.17, 15) is 19.8 Å². The summed E-state index contributed by atoms with van der Waals surface area (Å²) in [4.78, 5) is 31.7. The first kappa shape index (κ1) is 27.6. The van der Waals surface area contributed by atoms with E-state index >= 15 is 0 Å². The molecule has 0 aliphatic carbocycles. The highest BCUT2D eigenvalue weighted by molar-refractivity contribution is 6.30. The molecule has 3 N–H and O–H groups in total. The maximum absolute atomic E-state index is 13.0. The van der Waals surface area contributed by atoms with Crippen LogP contribution in [0.25, 0.3) is 11.1 Å². The van der Waals surface area contributed by atoms with E-state index in [0.29, 0.717) is 30.3 Å². The third-order valence-corrected chi connectivity index (χ3v) is 6.91. The first-order valence-electron chi connectivity index (χ1n) is 12.7. The van der Waals surface area contributed by atoms with Gasteiger partial charge in [0.05, 0.1) is 24.4 Å². The Morgan fingerprint density at radius 2 is 1.92 bits per heavy atom. The molecule has 38 heavy (non-hydrogen) atoms. The summed E-state index contributed by atoms with van der Waals surface area (Å²) in [7, 11) is 0. The molecular formula is C29H32ClN3O5. The number of aliphatic hydroxyl groups excluding tert-OH is 2. The number of benzene rings is 2. The van der Waals surface area contributed by atoms with Crippen LogP contribution in [0, 0.1) is 0 Å². The molecule has 4 rings (SSSR count). The molecule has 4 atom stereocenters. The summed E-state index contributed by atoms with van der Waals surface area (Å²) in [6, 6.07) is 17.7. The molecule has 2 amide bonds. The van der Waals surface area contributed by atoms with Gasteiger partial charge in [-0.25, -0.2) is 0 Å². The van der Waals surface area contributed by atoms with E-state index in [1.165, 1.54) is 4.90 Å². The minimum absolute atomic E-state index is 0.277. The molecule has 1 aromatic heterocycles. The number of para-hydroxylation sites is 1. The second-order valence-electron chi connectivity index (χ2n) is 9.27. The normalized spacial score (nSPS) is 17.5. The van der Waals surface area contributed by atoms with Crippen LogP contribution in [0.2, 0.25) is 5.02 Å². The number of carbonyl (C=O) groups excluding carboxylic acids is 2. The topological polar surface area (TPSA) is 112 Å². The fourth-order valence-corrected chi connectivity index (χ4v) is 4.92. The van der Waals surface area contributed by atoms with Gasteiger partial charge in [-0.15, -0.1) is 0 Å². The van der Waals surface area contributed by atoms with Crippen LogP contribution in [0.4, 0.5) is 0 Å². The number of halogens is 1. The monoisotopic (exact) mass is 537 g/mol.